The molecule has 21 heavy (non-hydrogen) atoms. The summed E-state index contributed by atoms with van der Waals surface area (Å²) < 4.78 is 11.9. The van der Waals surface area contributed by atoms with Gasteiger partial charge in [0, 0.05) is 20.2 Å². The van der Waals surface area contributed by atoms with Gasteiger partial charge in [0.15, 0.2) is 0 Å². The Bertz CT molecular complexity index is 442. The number of methoxy groups -OCH3 is 1. The van der Waals surface area contributed by atoms with Crippen LogP contribution in [-0.2, 0) is 11.3 Å². The smallest absolute Gasteiger partial charge is 0.134 e. The Morgan fingerprint density at radius 1 is 1.33 bits per heavy atom. The average molecular weight is 358 g/mol. The van der Waals surface area contributed by atoms with Gasteiger partial charge in [-0.05, 0) is 52.9 Å². The van der Waals surface area contributed by atoms with Gasteiger partial charge in [-0.25, -0.2) is 0 Å². The van der Waals surface area contributed by atoms with Gasteiger partial charge in [-0.2, -0.15) is 0 Å². The van der Waals surface area contributed by atoms with Crippen LogP contribution in [0.4, 0.5) is 0 Å². The summed E-state index contributed by atoms with van der Waals surface area (Å²) in [6.07, 6.45) is 3.55. The molecule has 0 aromatic heterocycles. The Kier molecular flexibility index (Phi) is 6.96. The SMILES string of the molecule is COCCNCc1ccc(OC2CCCCC2O)c(Br)c1. The number of nitrogens with one attached hydrogen (secondary N) is 1. The second-order valence-electron chi connectivity index (χ2n) is 5.44. The number of rotatable bonds is 7. The quantitative estimate of drug-likeness (QED) is 0.736. The third-order valence-corrected chi connectivity index (χ3v) is 4.37. The minimum atomic E-state index is -0.346. The summed E-state index contributed by atoms with van der Waals surface area (Å²) >= 11 is 3.56. The highest BCUT2D eigenvalue weighted by Crippen LogP contribution is 2.30. The number of hydrogen-bond acceptors (Lipinski definition) is 4. The molecule has 5 heteroatoms. The lowest BCUT2D eigenvalue weighted by Crippen LogP contribution is -2.34. The molecule has 0 heterocycles. The van der Waals surface area contributed by atoms with Gasteiger partial charge in [-0.3, -0.25) is 0 Å². The molecular weight excluding hydrogens is 334 g/mol. The Hall–Kier alpha value is -0.620. The highest BCUT2D eigenvalue weighted by atomic mass is 79.9. The summed E-state index contributed by atoms with van der Waals surface area (Å²) in [5.74, 6) is 0.807. The Balaban J connectivity index is 1.89. The van der Waals surface area contributed by atoms with Crippen LogP contribution >= 0.6 is 15.9 Å². The van der Waals surface area contributed by atoms with Crippen LogP contribution in [-0.4, -0.2) is 37.6 Å². The van der Waals surface area contributed by atoms with Crippen LogP contribution in [0.3, 0.4) is 0 Å². The fraction of sp³-hybridized carbons (Fsp3) is 0.625. The number of halogens is 1. The first-order valence-electron chi connectivity index (χ1n) is 7.53. The zero-order chi connectivity index (χ0) is 15.1. The molecule has 0 spiro atoms. The summed E-state index contributed by atoms with van der Waals surface area (Å²) in [5, 5.41) is 13.3. The number of aliphatic hydroxyl groups is 1. The Labute approximate surface area is 135 Å². The number of hydrogen-bond donors (Lipinski definition) is 2. The van der Waals surface area contributed by atoms with Crippen LogP contribution < -0.4 is 10.1 Å². The van der Waals surface area contributed by atoms with E-state index in [0.29, 0.717) is 6.61 Å². The third-order valence-electron chi connectivity index (χ3n) is 3.75. The van der Waals surface area contributed by atoms with Crippen LogP contribution in [0.1, 0.15) is 31.2 Å². The fourth-order valence-electron chi connectivity index (χ4n) is 2.53. The lowest BCUT2D eigenvalue weighted by atomic mass is 9.95. The van der Waals surface area contributed by atoms with Crippen LogP contribution in [0.2, 0.25) is 0 Å². The van der Waals surface area contributed by atoms with Gasteiger partial charge in [-0.15, -0.1) is 0 Å². The molecular formula is C16H24BrNO3. The van der Waals surface area contributed by atoms with Crippen molar-refractivity contribution in [1.29, 1.82) is 0 Å². The number of aliphatic hydroxyl groups excluding tert-OH is 1. The standard InChI is InChI=1S/C16H24BrNO3/c1-20-9-8-18-11-12-6-7-15(13(17)10-12)21-16-5-3-2-4-14(16)19/h6-7,10,14,16,18-19H,2-5,8-9,11H2,1H3. The van der Waals surface area contributed by atoms with E-state index in [4.69, 9.17) is 9.47 Å². The van der Waals surface area contributed by atoms with Crippen molar-refractivity contribution < 1.29 is 14.6 Å². The normalized spacial score (nSPS) is 22.2. The molecule has 2 rings (SSSR count). The molecule has 118 valence electrons. The van der Waals surface area contributed by atoms with Gasteiger partial charge >= 0.3 is 0 Å². The molecule has 1 saturated carbocycles. The lowest BCUT2D eigenvalue weighted by molar-refractivity contribution is 0.00648. The molecule has 0 amide bonds. The topological polar surface area (TPSA) is 50.7 Å². The molecule has 1 aromatic rings. The first-order chi connectivity index (χ1) is 10.2. The fourth-order valence-corrected chi connectivity index (χ4v) is 3.05. The van der Waals surface area contributed by atoms with Crippen LogP contribution in [0.15, 0.2) is 22.7 Å². The maximum atomic E-state index is 9.98. The van der Waals surface area contributed by atoms with Crippen molar-refractivity contribution in [2.24, 2.45) is 0 Å². The van der Waals surface area contributed by atoms with Crippen molar-refractivity contribution in [3.63, 3.8) is 0 Å². The summed E-state index contributed by atoms with van der Waals surface area (Å²) in [6.45, 7) is 2.34. The van der Waals surface area contributed by atoms with E-state index in [0.717, 1.165) is 49.0 Å². The van der Waals surface area contributed by atoms with Crippen LogP contribution in [0.25, 0.3) is 0 Å². The van der Waals surface area contributed by atoms with Crippen molar-refractivity contribution in [2.45, 2.75) is 44.4 Å². The van der Waals surface area contributed by atoms with Gasteiger partial charge in [-0.1, -0.05) is 12.5 Å². The van der Waals surface area contributed by atoms with Gasteiger partial charge in [0.05, 0.1) is 17.2 Å². The predicted molar refractivity (Wildman–Crippen MR) is 86.6 cm³/mol. The minimum Gasteiger partial charge on any atom is -0.487 e. The predicted octanol–water partition coefficient (Wildman–Crippen LogP) is 2.87. The molecule has 0 aliphatic heterocycles. The molecule has 2 unspecified atom stereocenters. The Morgan fingerprint density at radius 3 is 2.86 bits per heavy atom. The zero-order valence-electron chi connectivity index (χ0n) is 12.5. The van der Waals surface area contributed by atoms with Crippen molar-refractivity contribution in [1.82, 2.24) is 5.32 Å². The van der Waals surface area contributed by atoms with Gasteiger partial charge in [0.1, 0.15) is 11.9 Å². The second kappa shape index (κ2) is 8.73. The molecule has 2 N–H and O–H groups in total. The summed E-state index contributed by atoms with van der Waals surface area (Å²) in [7, 11) is 1.70. The summed E-state index contributed by atoms with van der Waals surface area (Å²) in [4.78, 5) is 0. The van der Waals surface area contributed by atoms with Crippen molar-refractivity contribution in [2.75, 3.05) is 20.3 Å². The highest BCUT2D eigenvalue weighted by Gasteiger charge is 2.25. The van der Waals surface area contributed by atoms with E-state index in [1.807, 2.05) is 6.07 Å². The molecule has 1 aliphatic carbocycles. The highest BCUT2D eigenvalue weighted by molar-refractivity contribution is 9.10. The van der Waals surface area contributed by atoms with E-state index in [-0.39, 0.29) is 12.2 Å². The maximum absolute atomic E-state index is 9.98. The van der Waals surface area contributed by atoms with Crippen molar-refractivity contribution in [3.05, 3.63) is 28.2 Å². The molecule has 0 bridgehead atoms. The van der Waals surface area contributed by atoms with E-state index >= 15 is 0 Å². The van der Waals surface area contributed by atoms with Gasteiger partial charge < -0.3 is 19.9 Å². The molecule has 0 radical (unpaired) electrons. The van der Waals surface area contributed by atoms with E-state index < -0.39 is 0 Å². The summed E-state index contributed by atoms with van der Waals surface area (Å²) in [5.41, 5.74) is 1.19. The average Bonchev–Trinajstić information content (AvgIpc) is 2.48. The molecule has 1 aliphatic rings. The molecule has 1 aromatic carbocycles. The summed E-state index contributed by atoms with van der Waals surface area (Å²) in [6, 6.07) is 6.08. The second-order valence-corrected chi connectivity index (χ2v) is 6.30. The lowest BCUT2D eigenvalue weighted by Gasteiger charge is -2.28. The number of benzene rings is 1. The molecule has 0 saturated heterocycles. The first kappa shape index (κ1) is 16.7. The van der Waals surface area contributed by atoms with Crippen LogP contribution in [0, 0.1) is 0 Å². The first-order valence-corrected chi connectivity index (χ1v) is 8.33. The molecule has 1 fully saturated rings. The van der Waals surface area contributed by atoms with E-state index in [1.165, 1.54) is 5.56 Å². The maximum Gasteiger partial charge on any atom is 0.134 e. The largest absolute Gasteiger partial charge is 0.487 e. The zero-order valence-corrected chi connectivity index (χ0v) is 14.1. The third kappa shape index (κ3) is 5.25. The van der Waals surface area contributed by atoms with Crippen LogP contribution in [0.5, 0.6) is 5.75 Å². The van der Waals surface area contributed by atoms with Crippen molar-refractivity contribution in [3.8, 4) is 5.75 Å². The van der Waals surface area contributed by atoms with E-state index in [9.17, 15) is 5.11 Å². The monoisotopic (exact) mass is 357 g/mol. The molecule has 4 nitrogen and oxygen atoms in total. The van der Waals surface area contributed by atoms with Gasteiger partial charge in [0.2, 0.25) is 0 Å². The number of ether oxygens (including phenoxy) is 2. The van der Waals surface area contributed by atoms with Gasteiger partial charge in [0.25, 0.3) is 0 Å². The molecule has 2 atom stereocenters. The Morgan fingerprint density at radius 2 is 2.14 bits per heavy atom. The van der Waals surface area contributed by atoms with E-state index in [2.05, 4.69) is 33.4 Å². The minimum absolute atomic E-state index is 0.0827. The van der Waals surface area contributed by atoms with Crippen molar-refractivity contribution >= 4 is 15.9 Å². The van der Waals surface area contributed by atoms with E-state index in [1.54, 1.807) is 7.11 Å².